The Labute approximate surface area is 161 Å². The predicted octanol–water partition coefficient (Wildman–Crippen LogP) is 4.10. The summed E-state index contributed by atoms with van der Waals surface area (Å²) >= 11 is 0. The predicted molar refractivity (Wildman–Crippen MR) is 108 cm³/mol. The topological polar surface area (TPSA) is 67.4 Å². The van der Waals surface area contributed by atoms with Gasteiger partial charge in [0.15, 0.2) is 6.61 Å². The van der Waals surface area contributed by atoms with Crippen molar-refractivity contribution in [3.05, 3.63) is 59.7 Å². The van der Waals surface area contributed by atoms with Crippen LogP contribution in [0.4, 0.5) is 5.69 Å². The number of benzene rings is 2. The first kappa shape index (κ1) is 20.5. The summed E-state index contributed by atoms with van der Waals surface area (Å²) in [4.78, 5) is 23.1. The highest BCUT2D eigenvalue weighted by Gasteiger charge is 2.10. The molecule has 0 heterocycles. The summed E-state index contributed by atoms with van der Waals surface area (Å²) in [5.41, 5.74) is 3.06. The zero-order valence-electron chi connectivity index (χ0n) is 16.4. The Hall–Kier alpha value is -2.82. The summed E-state index contributed by atoms with van der Waals surface area (Å²) in [6, 6.07) is 15.2. The van der Waals surface area contributed by atoms with E-state index < -0.39 is 0 Å². The summed E-state index contributed by atoms with van der Waals surface area (Å²) in [7, 11) is 0. The first-order valence-corrected chi connectivity index (χ1v) is 9.22. The van der Waals surface area contributed by atoms with Crippen molar-refractivity contribution in [2.75, 3.05) is 11.9 Å². The molecular weight excluding hydrogens is 340 g/mol. The lowest BCUT2D eigenvalue weighted by molar-refractivity contribution is -0.123. The number of anilines is 1. The second-order valence-corrected chi connectivity index (χ2v) is 7.12. The Morgan fingerprint density at radius 3 is 2.15 bits per heavy atom. The molecule has 0 bridgehead atoms. The summed E-state index contributed by atoms with van der Waals surface area (Å²) in [6.45, 7) is 7.74. The molecule has 5 nitrogen and oxygen atoms in total. The van der Waals surface area contributed by atoms with E-state index in [1.807, 2.05) is 6.92 Å². The van der Waals surface area contributed by atoms with Crippen molar-refractivity contribution in [3.8, 4) is 5.75 Å². The highest BCUT2D eigenvalue weighted by molar-refractivity contribution is 5.88. The van der Waals surface area contributed by atoms with E-state index >= 15 is 0 Å². The molecule has 2 rings (SSSR count). The van der Waals surface area contributed by atoms with Gasteiger partial charge in [0.1, 0.15) is 5.75 Å². The Morgan fingerprint density at radius 2 is 1.59 bits per heavy atom. The van der Waals surface area contributed by atoms with Gasteiger partial charge in [-0.15, -0.1) is 0 Å². The summed E-state index contributed by atoms with van der Waals surface area (Å²) in [6.07, 6.45) is 1.05. The highest BCUT2D eigenvalue weighted by Crippen LogP contribution is 2.17. The molecule has 2 aromatic rings. The van der Waals surface area contributed by atoms with E-state index in [2.05, 4.69) is 48.7 Å². The van der Waals surface area contributed by atoms with Crippen molar-refractivity contribution in [2.24, 2.45) is 5.92 Å². The van der Waals surface area contributed by atoms with Gasteiger partial charge in [-0.25, -0.2) is 0 Å². The molecule has 2 aromatic carbocycles. The average molecular weight is 368 g/mol. The number of nitrogens with one attached hydrogen (secondary N) is 2. The quantitative estimate of drug-likeness (QED) is 0.737. The summed E-state index contributed by atoms with van der Waals surface area (Å²) in [5.74, 6) is 0.886. The molecule has 0 aliphatic rings. The first-order valence-electron chi connectivity index (χ1n) is 9.22. The Morgan fingerprint density at radius 1 is 0.963 bits per heavy atom. The van der Waals surface area contributed by atoms with Gasteiger partial charge in [0.2, 0.25) is 5.91 Å². The molecule has 0 radical (unpaired) electrons. The molecule has 0 saturated carbocycles. The minimum Gasteiger partial charge on any atom is -0.484 e. The molecular formula is C22H28N2O3. The Bertz CT molecular complexity index is 752. The largest absolute Gasteiger partial charge is 0.484 e. The van der Waals surface area contributed by atoms with Gasteiger partial charge in [0.05, 0.1) is 6.04 Å². The van der Waals surface area contributed by atoms with E-state index in [1.54, 1.807) is 24.3 Å². The van der Waals surface area contributed by atoms with Gasteiger partial charge in [-0.3, -0.25) is 9.59 Å². The molecule has 5 heteroatoms. The zero-order chi connectivity index (χ0) is 19.8. The molecule has 0 aliphatic carbocycles. The smallest absolute Gasteiger partial charge is 0.258 e. The van der Waals surface area contributed by atoms with Crippen LogP contribution in [0.2, 0.25) is 0 Å². The fraction of sp³-hybridized carbons (Fsp3) is 0.364. The van der Waals surface area contributed by atoms with Crippen molar-refractivity contribution < 1.29 is 14.3 Å². The third-order valence-corrected chi connectivity index (χ3v) is 4.05. The van der Waals surface area contributed by atoms with E-state index in [4.69, 9.17) is 4.74 Å². The van der Waals surface area contributed by atoms with Gasteiger partial charge in [-0.1, -0.05) is 38.1 Å². The van der Waals surface area contributed by atoms with Crippen LogP contribution in [0.15, 0.2) is 48.5 Å². The lowest BCUT2D eigenvalue weighted by Gasteiger charge is -2.15. The van der Waals surface area contributed by atoms with Gasteiger partial charge >= 0.3 is 0 Å². The number of carbonyl (C=O) groups is 2. The molecule has 27 heavy (non-hydrogen) atoms. The fourth-order valence-electron chi connectivity index (χ4n) is 2.77. The molecule has 0 fully saturated rings. The van der Waals surface area contributed by atoms with Crippen LogP contribution < -0.4 is 15.4 Å². The van der Waals surface area contributed by atoms with Crippen LogP contribution in [0, 0.1) is 5.92 Å². The van der Waals surface area contributed by atoms with Crippen molar-refractivity contribution in [3.63, 3.8) is 0 Å². The zero-order valence-corrected chi connectivity index (χ0v) is 16.4. The summed E-state index contributed by atoms with van der Waals surface area (Å²) in [5, 5.41) is 5.62. The van der Waals surface area contributed by atoms with Gasteiger partial charge in [0, 0.05) is 12.6 Å². The Kier molecular flexibility index (Phi) is 7.41. The van der Waals surface area contributed by atoms with Crippen LogP contribution in [0.25, 0.3) is 0 Å². The number of ether oxygens (including phenoxy) is 1. The van der Waals surface area contributed by atoms with Gasteiger partial charge in [-0.05, 0) is 54.7 Å². The van der Waals surface area contributed by atoms with Gasteiger partial charge in [0.25, 0.3) is 5.91 Å². The van der Waals surface area contributed by atoms with E-state index in [0.717, 1.165) is 12.0 Å². The number of carbonyl (C=O) groups excluding carboxylic acids is 2. The minimum absolute atomic E-state index is 0.0603. The van der Waals surface area contributed by atoms with Crippen LogP contribution in [0.5, 0.6) is 5.75 Å². The van der Waals surface area contributed by atoms with E-state index in [0.29, 0.717) is 17.4 Å². The SMILES string of the molecule is CC(=O)Nc1ccc(OCC(=O)N[C@H](C)c2ccc(CC(C)C)cc2)cc1. The highest BCUT2D eigenvalue weighted by atomic mass is 16.5. The van der Waals surface area contributed by atoms with Crippen LogP contribution in [-0.2, 0) is 16.0 Å². The molecule has 2 amide bonds. The van der Waals surface area contributed by atoms with E-state index in [9.17, 15) is 9.59 Å². The monoisotopic (exact) mass is 368 g/mol. The molecule has 0 spiro atoms. The van der Waals surface area contributed by atoms with Crippen molar-refractivity contribution in [1.82, 2.24) is 5.32 Å². The molecule has 0 saturated heterocycles. The molecule has 1 atom stereocenters. The summed E-state index contributed by atoms with van der Waals surface area (Å²) < 4.78 is 5.50. The van der Waals surface area contributed by atoms with Crippen LogP contribution in [-0.4, -0.2) is 18.4 Å². The second-order valence-electron chi connectivity index (χ2n) is 7.12. The lowest BCUT2D eigenvalue weighted by Crippen LogP contribution is -2.31. The molecule has 0 unspecified atom stereocenters. The van der Waals surface area contributed by atoms with Crippen LogP contribution in [0.1, 0.15) is 44.9 Å². The normalized spacial score (nSPS) is 11.7. The van der Waals surface area contributed by atoms with E-state index in [-0.39, 0.29) is 24.5 Å². The second kappa shape index (κ2) is 9.76. The van der Waals surface area contributed by atoms with Crippen LogP contribution >= 0.6 is 0 Å². The maximum Gasteiger partial charge on any atom is 0.258 e. The number of hydrogen-bond donors (Lipinski definition) is 2. The fourth-order valence-corrected chi connectivity index (χ4v) is 2.77. The lowest BCUT2D eigenvalue weighted by atomic mass is 10.00. The maximum absolute atomic E-state index is 12.1. The van der Waals surface area contributed by atoms with Crippen molar-refractivity contribution in [1.29, 1.82) is 0 Å². The number of rotatable bonds is 8. The number of amides is 2. The molecule has 0 aliphatic heterocycles. The third kappa shape index (κ3) is 7.13. The third-order valence-electron chi connectivity index (χ3n) is 4.05. The first-order chi connectivity index (χ1) is 12.8. The van der Waals surface area contributed by atoms with E-state index in [1.165, 1.54) is 12.5 Å². The minimum atomic E-state index is -0.181. The Balaban J connectivity index is 1.81. The van der Waals surface area contributed by atoms with Gasteiger partial charge < -0.3 is 15.4 Å². The van der Waals surface area contributed by atoms with Crippen molar-refractivity contribution >= 4 is 17.5 Å². The van der Waals surface area contributed by atoms with Crippen LogP contribution in [0.3, 0.4) is 0 Å². The standard InChI is InChI=1S/C22H28N2O3/c1-15(2)13-18-5-7-19(8-6-18)16(3)23-22(26)14-27-21-11-9-20(10-12-21)24-17(4)25/h5-12,15-16H,13-14H2,1-4H3,(H,23,26)(H,24,25)/t16-/m1/s1. The average Bonchev–Trinajstić information content (AvgIpc) is 2.60. The molecule has 144 valence electrons. The van der Waals surface area contributed by atoms with Gasteiger partial charge in [-0.2, -0.15) is 0 Å². The number of hydrogen-bond acceptors (Lipinski definition) is 3. The van der Waals surface area contributed by atoms with Crippen molar-refractivity contribution in [2.45, 2.75) is 40.2 Å². The molecule has 2 N–H and O–H groups in total. The maximum atomic E-state index is 12.1. The molecule has 0 aromatic heterocycles.